The molecule has 3 rings (SSSR count). The van der Waals surface area contributed by atoms with Crippen molar-refractivity contribution >= 4 is 23.5 Å². The molecular weight excluding hydrogens is 298 g/mol. The van der Waals surface area contributed by atoms with Gasteiger partial charge in [-0.15, -0.1) is 0 Å². The van der Waals surface area contributed by atoms with Crippen LogP contribution in [0.5, 0.6) is 0 Å². The Hall–Kier alpha value is -2.35. The largest absolute Gasteiger partial charge is 0.378 e. The van der Waals surface area contributed by atoms with Crippen molar-refractivity contribution in [2.24, 2.45) is 5.10 Å². The van der Waals surface area contributed by atoms with Crippen LogP contribution in [-0.4, -0.2) is 58.7 Å². The highest BCUT2D eigenvalue weighted by Gasteiger charge is 2.30. The van der Waals surface area contributed by atoms with Crippen molar-refractivity contribution in [1.29, 1.82) is 0 Å². The van der Waals surface area contributed by atoms with E-state index < -0.39 is 0 Å². The summed E-state index contributed by atoms with van der Waals surface area (Å²) in [4.78, 5) is 34.6. The van der Waals surface area contributed by atoms with Gasteiger partial charge in [0.1, 0.15) is 0 Å². The third-order valence-corrected chi connectivity index (χ3v) is 3.71. The average molecular weight is 317 g/mol. The molecule has 3 heterocycles. The predicted octanol–water partition coefficient (Wildman–Crippen LogP) is 0.435. The summed E-state index contributed by atoms with van der Waals surface area (Å²) in [7, 11) is 0. The molecule has 2 aliphatic heterocycles. The van der Waals surface area contributed by atoms with Crippen molar-refractivity contribution in [2.75, 3.05) is 31.3 Å². The Labute approximate surface area is 134 Å². The molecule has 8 heteroatoms. The first kappa shape index (κ1) is 15.5. The quantitative estimate of drug-likeness (QED) is 0.807. The van der Waals surface area contributed by atoms with E-state index in [0.29, 0.717) is 32.0 Å². The minimum Gasteiger partial charge on any atom is -0.378 e. The number of nitrogens with zero attached hydrogens (tertiary/aromatic N) is 5. The number of amides is 2. The van der Waals surface area contributed by atoms with Crippen LogP contribution in [0.4, 0.5) is 5.95 Å². The molecule has 0 aliphatic carbocycles. The molecule has 1 saturated heterocycles. The maximum atomic E-state index is 12.2. The molecule has 0 radical (unpaired) electrons. The van der Waals surface area contributed by atoms with Crippen molar-refractivity contribution in [3.05, 3.63) is 17.5 Å². The van der Waals surface area contributed by atoms with Gasteiger partial charge in [-0.1, -0.05) is 0 Å². The fourth-order valence-corrected chi connectivity index (χ4v) is 2.64. The summed E-state index contributed by atoms with van der Waals surface area (Å²) >= 11 is 0. The molecule has 0 unspecified atom stereocenters. The number of aryl methyl sites for hydroxylation is 2. The molecule has 1 aromatic rings. The standard InChI is InChI=1S/C15H19N5O3/c1-10-7-11(2)17-15(16-10)20-14(22)9-12(18-20)8-13(21)19-3-5-23-6-4-19/h7H,3-6,8-9H2,1-2H3. The van der Waals surface area contributed by atoms with E-state index >= 15 is 0 Å². The van der Waals surface area contributed by atoms with Crippen LogP contribution in [0, 0.1) is 13.8 Å². The zero-order valence-electron chi connectivity index (χ0n) is 13.3. The van der Waals surface area contributed by atoms with Crippen molar-refractivity contribution in [3.63, 3.8) is 0 Å². The maximum absolute atomic E-state index is 12.2. The normalized spacial score (nSPS) is 18.3. The van der Waals surface area contributed by atoms with E-state index in [1.165, 1.54) is 5.01 Å². The topological polar surface area (TPSA) is 88.0 Å². The van der Waals surface area contributed by atoms with E-state index in [1.807, 2.05) is 19.9 Å². The number of hydrogen-bond donors (Lipinski definition) is 0. The maximum Gasteiger partial charge on any atom is 0.255 e. The SMILES string of the molecule is Cc1cc(C)nc(N2N=C(CC(=O)N3CCOCC3)CC2=O)n1. The number of carbonyl (C=O) groups is 2. The Morgan fingerprint density at radius 3 is 2.52 bits per heavy atom. The second-order valence-electron chi connectivity index (χ2n) is 5.67. The molecule has 0 saturated carbocycles. The number of hydrogen-bond acceptors (Lipinski definition) is 6. The highest BCUT2D eigenvalue weighted by Crippen LogP contribution is 2.19. The van der Waals surface area contributed by atoms with Gasteiger partial charge in [0.05, 0.1) is 31.8 Å². The van der Waals surface area contributed by atoms with Crippen LogP contribution in [0.3, 0.4) is 0 Å². The van der Waals surface area contributed by atoms with Crippen molar-refractivity contribution in [1.82, 2.24) is 14.9 Å². The lowest BCUT2D eigenvalue weighted by Crippen LogP contribution is -2.41. The molecule has 2 amide bonds. The van der Waals surface area contributed by atoms with Crippen LogP contribution >= 0.6 is 0 Å². The minimum absolute atomic E-state index is 0.0250. The molecule has 1 fully saturated rings. The van der Waals surface area contributed by atoms with Gasteiger partial charge in [0.25, 0.3) is 11.9 Å². The van der Waals surface area contributed by atoms with Crippen LogP contribution in [-0.2, 0) is 14.3 Å². The lowest BCUT2D eigenvalue weighted by atomic mass is 10.2. The van der Waals surface area contributed by atoms with E-state index in [2.05, 4.69) is 15.1 Å². The van der Waals surface area contributed by atoms with Gasteiger partial charge in [0.2, 0.25) is 5.91 Å². The summed E-state index contributed by atoms with van der Waals surface area (Å²) < 4.78 is 5.23. The molecule has 23 heavy (non-hydrogen) atoms. The highest BCUT2D eigenvalue weighted by molar-refractivity contribution is 6.16. The Bertz CT molecular complexity index is 647. The summed E-state index contributed by atoms with van der Waals surface area (Å²) in [6.07, 6.45) is 0.277. The van der Waals surface area contributed by atoms with Crippen LogP contribution in [0.25, 0.3) is 0 Å². The minimum atomic E-state index is -0.209. The number of ether oxygens (including phenoxy) is 1. The molecule has 0 spiro atoms. The van der Waals surface area contributed by atoms with Crippen LogP contribution in [0.2, 0.25) is 0 Å². The summed E-state index contributed by atoms with van der Waals surface area (Å²) in [6, 6.07) is 1.83. The predicted molar refractivity (Wildman–Crippen MR) is 83.1 cm³/mol. The smallest absolute Gasteiger partial charge is 0.255 e. The summed E-state index contributed by atoms with van der Waals surface area (Å²) in [6.45, 7) is 5.96. The number of rotatable bonds is 3. The van der Waals surface area contributed by atoms with Gasteiger partial charge in [-0.2, -0.15) is 10.1 Å². The van der Waals surface area contributed by atoms with Crippen LogP contribution in [0.1, 0.15) is 24.2 Å². The zero-order chi connectivity index (χ0) is 16.4. The molecule has 1 aromatic heterocycles. The van der Waals surface area contributed by atoms with E-state index in [9.17, 15) is 9.59 Å². The fourth-order valence-electron chi connectivity index (χ4n) is 2.64. The van der Waals surface area contributed by atoms with Gasteiger partial charge in [-0.05, 0) is 19.9 Å². The lowest BCUT2D eigenvalue weighted by Gasteiger charge is -2.26. The Morgan fingerprint density at radius 2 is 1.87 bits per heavy atom. The first-order valence-electron chi connectivity index (χ1n) is 7.60. The van der Waals surface area contributed by atoms with Gasteiger partial charge < -0.3 is 9.64 Å². The third kappa shape index (κ3) is 3.53. The molecule has 122 valence electrons. The Balaban J connectivity index is 1.72. The van der Waals surface area contributed by atoms with Gasteiger partial charge in [-0.25, -0.2) is 9.97 Å². The number of anilines is 1. The Morgan fingerprint density at radius 1 is 1.22 bits per heavy atom. The summed E-state index contributed by atoms with van der Waals surface area (Å²) in [5.74, 6) is 0.0316. The van der Waals surface area contributed by atoms with E-state index in [-0.39, 0.29) is 30.6 Å². The Kier molecular flexibility index (Phi) is 4.33. The van der Waals surface area contributed by atoms with Gasteiger partial charge in [0, 0.05) is 24.5 Å². The monoisotopic (exact) mass is 317 g/mol. The number of carbonyl (C=O) groups excluding carboxylic acids is 2. The van der Waals surface area contributed by atoms with Gasteiger partial charge >= 0.3 is 0 Å². The van der Waals surface area contributed by atoms with E-state index in [4.69, 9.17) is 4.74 Å². The molecule has 0 atom stereocenters. The first-order chi connectivity index (χ1) is 11.0. The molecule has 0 bridgehead atoms. The summed E-state index contributed by atoms with van der Waals surface area (Å²) in [5, 5.41) is 5.45. The van der Waals surface area contributed by atoms with Crippen LogP contribution in [0.15, 0.2) is 11.2 Å². The average Bonchev–Trinajstić information content (AvgIpc) is 2.87. The zero-order valence-corrected chi connectivity index (χ0v) is 13.3. The molecule has 0 N–H and O–H groups in total. The van der Waals surface area contributed by atoms with Crippen molar-refractivity contribution < 1.29 is 14.3 Å². The second-order valence-corrected chi connectivity index (χ2v) is 5.67. The van der Waals surface area contributed by atoms with Crippen molar-refractivity contribution in [2.45, 2.75) is 26.7 Å². The number of aromatic nitrogens is 2. The van der Waals surface area contributed by atoms with Crippen molar-refractivity contribution in [3.8, 4) is 0 Å². The summed E-state index contributed by atoms with van der Waals surface area (Å²) in [5.41, 5.74) is 2.09. The fraction of sp³-hybridized carbons (Fsp3) is 0.533. The second kappa shape index (κ2) is 6.41. The highest BCUT2D eigenvalue weighted by atomic mass is 16.5. The molecule has 0 aromatic carbocycles. The van der Waals surface area contributed by atoms with Gasteiger partial charge in [-0.3, -0.25) is 9.59 Å². The lowest BCUT2D eigenvalue weighted by molar-refractivity contribution is -0.133. The molecule has 2 aliphatic rings. The molecule has 8 nitrogen and oxygen atoms in total. The van der Waals surface area contributed by atoms with E-state index in [0.717, 1.165) is 11.4 Å². The number of hydrazone groups is 1. The first-order valence-corrected chi connectivity index (χ1v) is 7.60. The van der Waals surface area contributed by atoms with Crippen LogP contribution < -0.4 is 5.01 Å². The third-order valence-electron chi connectivity index (χ3n) is 3.71. The molecular formula is C15H19N5O3. The number of morpholine rings is 1. The van der Waals surface area contributed by atoms with Gasteiger partial charge in [0.15, 0.2) is 0 Å². The van der Waals surface area contributed by atoms with E-state index in [1.54, 1.807) is 4.90 Å².